The van der Waals surface area contributed by atoms with Gasteiger partial charge in [0.2, 0.25) is 0 Å². The van der Waals surface area contributed by atoms with E-state index < -0.39 is 0 Å². The molecule has 0 spiro atoms. The SMILES string of the molecule is CNCC1(CN(C)Cc2ccc(Cl)cc2)CCC1. The third-order valence-electron chi connectivity index (χ3n) is 3.94. The highest BCUT2D eigenvalue weighted by Crippen LogP contribution is 2.40. The summed E-state index contributed by atoms with van der Waals surface area (Å²) in [6.45, 7) is 3.32. The molecule has 0 saturated heterocycles. The second-order valence-electron chi connectivity index (χ2n) is 5.68. The Bertz CT molecular complexity index is 371. The molecule has 1 N–H and O–H groups in total. The summed E-state index contributed by atoms with van der Waals surface area (Å²) in [5.74, 6) is 0. The molecule has 1 aromatic carbocycles. The monoisotopic (exact) mass is 266 g/mol. The number of benzene rings is 1. The average Bonchev–Trinajstić information content (AvgIpc) is 2.29. The van der Waals surface area contributed by atoms with Crippen molar-refractivity contribution in [2.75, 3.05) is 27.2 Å². The van der Waals surface area contributed by atoms with E-state index >= 15 is 0 Å². The van der Waals surface area contributed by atoms with Crippen molar-refractivity contribution < 1.29 is 0 Å². The van der Waals surface area contributed by atoms with Crippen LogP contribution in [0.3, 0.4) is 0 Å². The fourth-order valence-corrected chi connectivity index (χ4v) is 3.10. The molecule has 0 aromatic heterocycles. The van der Waals surface area contributed by atoms with Crippen LogP contribution in [-0.4, -0.2) is 32.1 Å². The lowest BCUT2D eigenvalue weighted by molar-refractivity contribution is 0.0768. The van der Waals surface area contributed by atoms with E-state index in [4.69, 9.17) is 11.6 Å². The molecule has 1 aliphatic rings. The Hall–Kier alpha value is -0.570. The molecule has 1 fully saturated rings. The molecule has 0 amide bonds. The van der Waals surface area contributed by atoms with Gasteiger partial charge in [-0.3, -0.25) is 0 Å². The van der Waals surface area contributed by atoms with E-state index in [-0.39, 0.29) is 0 Å². The van der Waals surface area contributed by atoms with Crippen LogP contribution in [0, 0.1) is 5.41 Å². The molecule has 0 radical (unpaired) electrons. The van der Waals surface area contributed by atoms with E-state index in [0.29, 0.717) is 5.41 Å². The summed E-state index contributed by atoms with van der Waals surface area (Å²) in [6.07, 6.45) is 4.11. The van der Waals surface area contributed by atoms with Crippen LogP contribution in [0.5, 0.6) is 0 Å². The highest BCUT2D eigenvalue weighted by molar-refractivity contribution is 6.30. The first kappa shape index (κ1) is 13.9. The van der Waals surface area contributed by atoms with Gasteiger partial charge in [0.1, 0.15) is 0 Å². The van der Waals surface area contributed by atoms with Crippen LogP contribution in [0.4, 0.5) is 0 Å². The maximum atomic E-state index is 5.91. The average molecular weight is 267 g/mol. The fourth-order valence-electron chi connectivity index (χ4n) is 2.97. The molecular weight excluding hydrogens is 244 g/mol. The number of hydrogen-bond donors (Lipinski definition) is 1. The van der Waals surface area contributed by atoms with Crippen molar-refractivity contribution in [2.24, 2.45) is 5.41 Å². The molecule has 0 aliphatic heterocycles. The fraction of sp³-hybridized carbons (Fsp3) is 0.600. The molecule has 2 rings (SSSR count). The van der Waals surface area contributed by atoms with Crippen molar-refractivity contribution in [2.45, 2.75) is 25.8 Å². The Balaban J connectivity index is 1.88. The Kier molecular flexibility index (Phi) is 4.66. The van der Waals surface area contributed by atoms with Crippen molar-refractivity contribution >= 4 is 11.6 Å². The van der Waals surface area contributed by atoms with Gasteiger partial charge >= 0.3 is 0 Å². The number of rotatable bonds is 6. The lowest BCUT2D eigenvalue weighted by Gasteiger charge is -2.44. The van der Waals surface area contributed by atoms with Gasteiger partial charge in [-0.05, 0) is 50.0 Å². The van der Waals surface area contributed by atoms with Gasteiger partial charge in [0, 0.05) is 24.7 Å². The summed E-state index contributed by atoms with van der Waals surface area (Å²) < 4.78 is 0. The molecule has 3 heteroatoms. The second-order valence-corrected chi connectivity index (χ2v) is 6.12. The van der Waals surface area contributed by atoms with Crippen molar-refractivity contribution in [3.05, 3.63) is 34.9 Å². The van der Waals surface area contributed by atoms with Gasteiger partial charge in [-0.25, -0.2) is 0 Å². The van der Waals surface area contributed by atoms with E-state index in [2.05, 4.69) is 36.4 Å². The van der Waals surface area contributed by atoms with Crippen LogP contribution in [-0.2, 0) is 6.54 Å². The quantitative estimate of drug-likeness (QED) is 0.851. The second kappa shape index (κ2) is 6.05. The summed E-state index contributed by atoms with van der Waals surface area (Å²) >= 11 is 5.91. The first-order valence-electron chi connectivity index (χ1n) is 6.71. The third kappa shape index (κ3) is 3.47. The molecule has 1 saturated carbocycles. The topological polar surface area (TPSA) is 15.3 Å². The van der Waals surface area contributed by atoms with E-state index in [1.165, 1.54) is 31.4 Å². The van der Waals surface area contributed by atoms with Crippen LogP contribution in [0.25, 0.3) is 0 Å². The third-order valence-corrected chi connectivity index (χ3v) is 4.19. The molecule has 2 nitrogen and oxygen atoms in total. The predicted octanol–water partition coefficient (Wildman–Crippen LogP) is 3.16. The summed E-state index contributed by atoms with van der Waals surface area (Å²) in [6, 6.07) is 8.17. The first-order valence-corrected chi connectivity index (χ1v) is 7.09. The zero-order valence-corrected chi connectivity index (χ0v) is 12.1. The number of nitrogens with one attached hydrogen (secondary N) is 1. The van der Waals surface area contributed by atoms with E-state index in [9.17, 15) is 0 Å². The minimum Gasteiger partial charge on any atom is -0.319 e. The number of hydrogen-bond acceptors (Lipinski definition) is 2. The summed E-state index contributed by atoms with van der Waals surface area (Å²) in [5.41, 5.74) is 1.84. The maximum Gasteiger partial charge on any atom is 0.0406 e. The number of nitrogens with zero attached hydrogens (tertiary/aromatic N) is 1. The Labute approximate surface area is 115 Å². The molecule has 1 aromatic rings. The summed E-state index contributed by atoms with van der Waals surface area (Å²) in [7, 11) is 4.27. The van der Waals surface area contributed by atoms with Gasteiger partial charge < -0.3 is 10.2 Å². The van der Waals surface area contributed by atoms with Gasteiger partial charge in [0.05, 0.1) is 0 Å². The van der Waals surface area contributed by atoms with Gasteiger partial charge in [-0.2, -0.15) is 0 Å². The molecule has 1 aliphatic carbocycles. The maximum absolute atomic E-state index is 5.91. The normalized spacial score (nSPS) is 17.8. The van der Waals surface area contributed by atoms with Crippen LogP contribution in [0.1, 0.15) is 24.8 Å². The standard InChI is InChI=1S/C15H23ClN2/c1-17-11-15(8-3-9-15)12-18(2)10-13-4-6-14(16)7-5-13/h4-7,17H,3,8-12H2,1-2H3. The van der Waals surface area contributed by atoms with Crippen molar-refractivity contribution in [1.82, 2.24) is 10.2 Å². The summed E-state index contributed by atoms with van der Waals surface area (Å²) in [5, 5.41) is 4.16. The molecule has 0 unspecified atom stereocenters. The lowest BCUT2D eigenvalue weighted by Crippen LogP contribution is -2.46. The molecule has 18 heavy (non-hydrogen) atoms. The van der Waals surface area contributed by atoms with Crippen LogP contribution in [0.15, 0.2) is 24.3 Å². The van der Waals surface area contributed by atoms with Crippen molar-refractivity contribution in [1.29, 1.82) is 0 Å². The first-order chi connectivity index (χ1) is 8.63. The van der Waals surface area contributed by atoms with Gasteiger partial charge in [-0.15, -0.1) is 0 Å². The molecule has 0 bridgehead atoms. The smallest absolute Gasteiger partial charge is 0.0406 e. The Morgan fingerprint density at radius 2 is 1.94 bits per heavy atom. The Morgan fingerprint density at radius 1 is 1.28 bits per heavy atom. The van der Waals surface area contributed by atoms with Gasteiger partial charge in [0.15, 0.2) is 0 Å². The Morgan fingerprint density at radius 3 is 2.44 bits per heavy atom. The predicted molar refractivity (Wildman–Crippen MR) is 78.0 cm³/mol. The van der Waals surface area contributed by atoms with Gasteiger partial charge in [0.25, 0.3) is 0 Å². The minimum atomic E-state index is 0.510. The highest BCUT2D eigenvalue weighted by Gasteiger charge is 2.36. The lowest BCUT2D eigenvalue weighted by atomic mass is 9.68. The van der Waals surface area contributed by atoms with Crippen LogP contribution >= 0.6 is 11.6 Å². The molecule has 0 atom stereocenters. The van der Waals surface area contributed by atoms with Crippen LogP contribution in [0.2, 0.25) is 5.02 Å². The zero-order chi connectivity index (χ0) is 13.0. The van der Waals surface area contributed by atoms with E-state index in [0.717, 1.165) is 18.1 Å². The highest BCUT2D eigenvalue weighted by atomic mass is 35.5. The molecule has 100 valence electrons. The molecule has 0 heterocycles. The van der Waals surface area contributed by atoms with Crippen molar-refractivity contribution in [3.8, 4) is 0 Å². The van der Waals surface area contributed by atoms with Crippen LogP contribution < -0.4 is 5.32 Å². The molecular formula is C15H23ClN2. The van der Waals surface area contributed by atoms with Gasteiger partial charge in [-0.1, -0.05) is 30.2 Å². The summed E-state index contributed by atoms with van der Waals surface area (Å²) in [4.78, 5) is 2.43. The van der Waals surface area contributed by atoms with Crippen molar-refractivity contribution in [3.63, 3.8) is 0 Å². The number of halogens is 1. The van der Waals surface area contributed by atoms with E-state index in [1.807, 2.05) is 12.1 Å². The zero-order valence-electron chi connectivity index (χ0n) is 11.4. The van der Waals surface area contributed by atoms with E-state index in [1.54, 1.807) is 0 Å². The minimum absolute atomic E-state index is 0.510. The largest absolute Gasteiger partial charge is 0.319 e.